The highest BCUT2D eigenvalue weighted by atomic mass is 35.5. The molecular weight excluding hydrogens is 352 g/mol. The smallest absolute Gasteiger partial charge is 0.268 e. The zero-order valence-electron chi connectivity index (χ0n) is 14.8. The molecule has 0 atom stereocenters. The van der Waals surface area contributed by atoms with Crippen molar-refractivity contribution in [2.24, 2.45) is 0 Å². The molecule has 2 aromatic carbocycles. The van der Waals surface area contributed by atoms with E-state index in [1.807, 2.05) is 18.2 Å². The summed E-state index contributed by atoms with van der Waals surface area (Å²) in [5, 5.41) is 3.50. The van der Waals surface area contributed by atoms with Crippen molar-refractivity contribution >= 4 is 34.8 Å². The SMILES string of the molecule is CC(C)(Oc1ccc(Cl)cc1)C(=O)Nc1ccccc1N1CCCC1=O. The summed E-state index contributed by atoms with van der Waals surface area (Å²) in [5.41, 5.74) is 0.210. The first-order chi connectivity index (χ1) is 12.4. The lowest BCUT2D eigenvalue weighted by molar-refractivity contribution is -0.128. The average molecular weight is 373 g/mol. The van der Waals surface area contributed by atoms with Crippen molar-refractivity contribution in [3.63, 3.8) is 0 Å². The highest BCUT2D eigenvalue weighted by Crippen LogP contribution is 2.30. The molecule has 1 N–H and O–H groups in total. The molecule has 5 nitrogen and oxygen atoms in total. The minimum Gasteiger partial charge on any atom is -0.478 e. The van der Waals surface area contributed by atoms with Crippen molar-refractivity contribution in [3.8, 4) is 5.75 Å². The second-order valence-electron chi connectivity index (χ2n) is 6.69. The third-order valence-corrected chi connectivity index (χ3v) is 4.50. The Bertz CT molecular complexity index is 818. The van der Waals surface area contributed by atoms with E-state index < -0.39 is 5.60 Å². The molecule has 3 rings (SSSR count). The van der Waals surface area contributed by atoms with Crippen molar-refractivity contribution in [1.29, 1.82) is 0 Å². The minimum absolute atomic E-state index is 0.0726. The monoisotopic (exact) mass is 372 g/mol. The van der Waals surface area contributed by atoms with Gasteiger partial charge in [0.15, 0.2) is 5.60 Å². The Labute approximate surface area is 157 Å². The minimum atomic E-state index is -1.10. The van der Waals surface area contributed by atoms with Crippen molar-refractivity contribution in [2.45, 2.75) is 32.3 Å². The maximum Gasteiger partial charge on any atom is 0.268 e. The Balaban J connectivity index is 1.77. The third kappa shape index (κ3) is 3.99. The summed E-state index contributed by atoms with van der Waals surface area (Å²) in [6.45, 7) is 4.05. The topological polar surface area (TPSA) is 58.6 Å². The van der Waals surface area contributed by atoms with Crippen LogP contribution in [-0.4, -0.2) is 24.0 Å². The number of hydrogen-bond donors (Lipinski definition) is 1. The number of halogens is 1. The van der Waals surface area contributed by atoms with Gasteiger partial charge in [0.25, 0.3) is 5.91 Å². The second-order valence-corrected chi connectivity index (χ2v) is 7.12. The molecule has 1 aliphatic rings. The molecule has 1 fully saturated rings. The van der Waals surface area contributed by atoms with Crippen LogP contribution in [0.3, 0.4) is 0 Å². The number of anilines is 2. The van der Waals surface area contributed by atoms with E-state index in [2.05, 4.69) is 5.32 Å². The van der Waals surface area contributed by atoms with Crippen molar-refractivity contribution in [3.05, 3.63) is 53.6 Å². The predicted octanol–water partition coefficient (Wildman–Crippen LogP) is 4.26. The summed E-state index contributed by atoms with van der Waals surface area (Å²) in [4.78, 5) is 26.6. The summed E-state index contributed by atoms with van der Waals surface area (Å²) < 4.78 is 5.83. The largest absolute Gasteiger partial charge is 0.478 e. The Kier molecular flexibility index (Phi) is 5.18. The van der Waals surface area contributed by atoms with Crippen LogP contribution in [0, 0.1) is 0 Å². The van der Waals surface area contributed by atoms with E-state index in [1.54, 1.807) is 49.1 Å². The number of ether oxygens (including phenoxy) is 1. The van der Waals surface area contributed by atoms with E-state index in [-0.39, 0.29) is 11.8 Å². The first-order valence-corrected chi connectivity index (χ1v) is 8.90. The van der Waals surface area contributed by atoms with Crippen LogP contribution in [0.1, 0.15) is 26.7 Å². The van der Waals surface area contributed by atoms with Gasteiger partial charge in [0.05, 0.1) is 11.4 Å². The van der Waals surface area contributed by atoms with Gasteiger partial charge in [-0.05, 0) is 56.7 Å². The summed E-state index contributed by atoms with van der Waals surface area (Å²) in [7, 11) is 0. The molecule has 2 amide bonds. The first kappa shape index (κ1) is 18.3. The molecule has 0 saturated carbocycles. The van der Waals surface area contributed by atoms with Gasteiger partial charge in [-0.1, -0.05) is 23.7 Å². The Morgan fingerprint density at radius 2 is 1.85 bits per heavy atom. The van der Waals surface area contributed by atoms with E-state index >= 15 is 0 Å². The number of amides is 2. The van der Waals surface area contributed by atoms with Crippen molar-refractivity contribution < 1.29 is 14.3 Å². The van der Waals surface area contributed by atoms with Crippen molar-refractivity contribution in [1.82, 2.24) is 0 Å². The van der Waals surface area contributed by atoms with Gasteiger partial charge in [-0.25, -0.2) is 0 Å². The zero-order chi connectivity index (χ0) is 18.7. The summed E-state index contributed by atoms with van der Waals surface area (Å²) in [5.74, 6) is 0.326. The van der Waals surface area contributed by atoms with Gasteiger partial charge in [0.1, 0.15) is 5.75 Å². The maximum absolute atomic E-state index is 12.8. The normalized spacial score (nSPS) is 14.4. The van der Waals surface area contributed by atoms with Crippen LogP contribution in [0.25, 0.3) is 0 Å². The lowest BCUT2D eigenvalue weighted by Gasteiger charge is -2.27. The molecule has 0 unspecified atom stereocenters. The lowest BCUT2D eigenvalue weighted by Crippen LogP contribution is -2.42. The van der Waals surface area contributed by atoms with Gasteiger partial charge in [0.2, 0.25) is 5.91 Å². The standard InChI is InChI=1S/C20H21ClN2O3/c1-20(2,26-15-11-9-14(21)10-12-15)19(25)22-16-6-3-4-7-17(16)23-13-5-8-18(23)24/h3-4,6-7,9-12H,5,8,13H2,1-2H3,(H,22,25). The zero-order valence-corrected chi connectivity index (χ0v) is 15.5. The van der Waals surface area contributed by atoms with Crippen LogP contribution in [0.15, 0.2) is 48.5 Å². The summed E-state index contributed by atoms with van der Waals surface area (Å²) in [6.07, 6.45) is 1.36. The summed E-state index contributed by atoms with van der Waals surface area (Å²) >= 11 is 5.88. The van der Waals surface area contributed by atoms with Crippen LogP contribution >= 0.6 is 11.6 Å². The molecule has 0 spiro atoms. The molecule has 26 heavy (non-hydrogen) atoms. The van der Waals surface area contributed by atoms with E-state index in [0.717, 1.165) is 6.42 Å². The van der Waals surface area contributed by atoms with Crippen LogP contribution in [-0.2, 0) is 9.59 Å². The van der Waals surface area contributed by atoms with Gasteiger partial charge in [0, 0.05) is 18.0 Å². The van der Waals surface area contributed by atoms with Gasteiger partial charge < -0.3 is 15.0 Å². The number of hydrogen-bond acceptors (Lipinski definition) is 3. The number of para-hydroxylation sites is 2. The van der Waals surface area contributed by atoms with Crippen LogP contribution in [0.4, 0.5) is 11.4 Å². The van der Waals surface area contributed by atoms with E-state index in [9.17, 15) is 9.59 Å². The molecule has 0 aromatic heterocycles. The lowest BCUT2D eigenvalue weighted by atomic mass is 10.1. The molecule has 1 heterocycles. The van der Waals surface area contributed by atoms with Gasteiger partial charge in [-0.3, -0.25) is 9.59 Å². The van der Waals surface area contributed by atoms with Gasteiger partial charge in [-0.15, -0.1) is 0 Å². The van der Waals surface area contributed by atoms with E-state index in [0.29, 0.717) is 35.1 Å². The Morgan fingerprint density at radius 3 is 2.50 bits per heavy atom. The molecule has 0 bridgehead atoms. The molecule has 0 radical (unpaired) electrons. The Morgan fingerprint density at radius 1 is 1.15 bits per heavy atom. The fourth-order valence-electron chi connectivity index (χ4n) is 2.83. The van der Waals surface area contributed by atoms with Gasteiger partial charge in [-0.2, -0.15) is 0 Å². The van der Waals surface area contributed by atoms with E-state index in [1.165, 1.54) is 0 Å². The maximum atomic E-state index is 12.8. The number of nitrogens with one attached hydrogen (secondary N) is 1. The van der Waals surface area contributed by atoms with Crippen molar-refractivity contribution in [2.75, 3.05) is 16.8 Å². The average Bonchev–Trinajstić information content (AvgIpc) is 3.03. The third-order valence-electron chi connectivity index (χ3n) is 4.25. The molecule has 136 valence electrons. The van der Waals surface area contributed by atoms with E-state index in [4.69, 9.17) is 16.3 Å². The number of benzene rings is 2. The quantitative estimate of drug-likeness (QED) is 0.852. The molecule has 0 aliphatic carbocycles. The van der Waals surface area contributed by atoms with Crippen LogP contribution in [0.5, 0.6) is 5.75 Å². The Hall–Kier alpha value is -2.53. The summed E-state index contributed by atoms with van der Waals surface area (Å²) in [6, 6.07) is 14.2. The molecule has 1 aliphatic heterocycles. The molecule has 6 heteroatoms. The fourth-order valence-corrected chi connectivity index (χ4v) is 2.96. The highest BCUT2D eigenvalue weighted by Gasteiger charge is 2.31. The van der Waals surface area contributed by atoms with Crippen LogP contribution in [0.2, 0.25) is 5.02 Å². The number of nitrogens with zero attached hydrogens (tertiary/aromatic N) is 1. The molecule has 2 aromatic rings. The molecule has 1 saturated heterocycles. The molecular formula is C20H21ClN2O3. The fraction of sp³-hybridized carbons (Fsp3) is 0.300. The number of rotatable bonds is 5. The van der Waals surface area contributed by atoms with Crippen LogP contribution < -0.4 is 15.0 Å². The second kappa shape index (κ2) is 7.38. The number of carbonyl (C=O) groups is 2. The van der Waals surface area contributed by atoms with Gasteiger partial charge >= 0.3 is 0 Å². The first-order valence-electron chi connectivity index (χ1n) is 8.52. The predicted molar refractivity (Wildman–Crippen MR) is 103 cm³/mol. The highest BCUT2D eigenvalue weighted by molar-refractivity contribution is 6.30. The number of carbonyl (C=O) groups excluding carboxylic acids is 2.